The van der Waals surface area contributed by atoms with Crippen molar-refractivity contribution in [3.05, 3.63) is 0 Å². The number of rotatable bonds is 1. The molecule has 0 radical (unpaired) electrons. The third-order valence-electron chi connectivity index (χ3n) is 7.64. The van der Waals surface area contributed by atoms with E-state index in [1.165, 1.54) is 51.4 Å². The number of hydrogen-bond acceptors (Lipinski definition) is 1. The fraction of sp³-hybridized carbons (Fsp3) is 1.00. The van der Waals surface area contributed by atoms with Crippen LogP contribution in [0.5, 0.6) is 0 Å². The lowest BCUT2D eigenvalue weighted by atomic mass is 9.38. The van der Waals surface area contributed by atoms with Crippen molar-refractivity contribution < 1.29 is 0 Å². The molecule has 7 atom stereocenters. The van der Waals surface area contributed by atoms with Crippen molar-refractivity contribution in [2.75, 3.05) is 0 Å². The SMILES string of the molecule is CCC1CC2CC3(N)CCC4CC1C(C)(C2)C3C4. The van der Waals surface area contributed by atoms with Crippen LogP contribution < -0.4 is 5.73 Å². The molecule has 4 saturated carbocycles. The van der Waals surface area contributed by atoms with Gasteiger partial charge in [-0.05, 0) is 80.0 Å². The maximum absolute atomic E-state index is 6.91. The quantitative estimate of drug-likeness (QED) is 0.745. The third-order valence-corrected chi connectivity index (χ3v) is 7.64. The van der Waals surface area contributed by atoms with Crippen molar-refractivity contribution in [2.45, 2.75) is 70.8 Å². The van der Waals surface area contributed by atoms with Gasteiger partial charge >= 0.3 is 0 Å². The summed E-state index contributed by atoms with van der Waals surface area (Å²) in [6, 6.07) is 0. The average Bonchev–Trinajstić information content (AvgIpc) is 2.34. The van der Waals surface area contributed by atoms with Gasteiger partial charge in [-0.15, -0.1) is 0 Å². The van der Waals surface area contributed by atoms with Crippen LogP contribution in [0.2, 0.25) is 0 Å². The van der Waals surface area contributed by atoms with Crippen molar-refractivity contribution in [1.82, 2.24) is 0 Å². The summed E-state index contributed by atoms with van der Waals surface area (Å²) in [4.78, 5) is 0. The van der Waals surface area contributed by atoms with Crippen LogP contribution in [0, 0.1) is 35.0 Å². The first kappa shape index (κ1) is 11.8. The van der Waals surface area contributed by atoms with Gasteiger partial charge in [-0.2, -0.15) is 0 Å². The molecule has 0 amide bonds. The van der Waals surface area contributed by atoms with Gasteiger partial charge < -0.3 is 5.73 Å². The topological polar surface area (TPSA) is 26.0 Å². The van der Waals surface area contributed by atoms with Gasteiger partial charge in [-0.25, -0.2) is 0 Å². The van der Waals surface area contributed by atoms with E-state index in [1.807, 2.05) is 0 Å². The lowest BCUT2D eigenvalue weighted by Gasteiger charge is -2.68. The molecule has 0 aromatic rings. The second-order valence-corrected chi connectivity index (χ2v) is 8.45. The maximum atomic E-state index is 6.91. The van der Waals surface area contributed by atoms with Crippen LogP contribution in [0.4, 0.5) is 0 Å². The molecular formula is C17H29N. The minimum atomic E-state index is 0.228. The largest absolute Gasteiger partial charge is 0.325 e. The van der Waals surface area contributed by atoms with Gasteiger partial charge in [0.25, 0.3) is 0 Å². The Balaban J connectivity index is 1.80. The molecule has 0 heterocycles. The molecule has 4 aliphatic rings. The molecule has 4 rings (SSSR count). The molecule has 0 aliphatic heterocycles. The zero-order valence-electron chi connectivity index (χ0n) is 12.1. The van der Waals surface area contributed by atoms with E-state index >= 15 is 0 Å². The molecule has 0 aromatic carbocycles. The summed E-state index contributed by atoms with van der Waals surface area (Å²) >= 11 is 0. The Kier molecular flexibility index (Phi) is 2.31. The second kappa shape index (κ2) is 3.53. The van der Waals surface area contributed by atoms with Crippen molar-refractivity contribution in [1.29, 1.82) is 0 Å². The summed E-state index contributed by atoms with van der Waals surface area (Å²) in [7, 11) is 0. The Bertz CT molecular complexity index is 363. The Morgan fingerprint density at radius 3 is 2.72 bits per heavy atom. The van der Waals surface area contributed by atoms with Gasteiger partial charge in [-0.3, -0.25) is 0 Å². The first-order valence-corrected chi connectivity index (χ1v) is 8.34. The molecule has 102 valence electrons. The highest BCUT2D eigenvalue weighted by Gasteiger charge is 2.63. The fourth-order valence-corrected chi connectivity index (χ4v) is 7.07. The highest BCUT2D eigenvalue weighted by molar-refractivity contribution is 5.15. The number of nitrogens with two attached hydrogens (primary N) is 1. The van der Waals surface area contributed by atoms with Gasteiger partial charge in [0.05, 0.1) is 0 Å². The first-order chi connectivity index (χ1) is 8.55. The highest BCUT2D eigenvalue weighted by atomic mass is 14.8. The van der Waals surface area contributed by atoms with E-state index < -0.39 is 0 Å². The summed E-state index contributed by atoms with van der Waals surface area (Å²) in [6.45, 7) is 5.05. The number of fused-ring (bicyclic) bond motifs is 2. The molecule has 7 unspecified atom stereocenters. The van der Waals surface area contributed by atoms with Crippen LogP contribution in [-0.2, 0) is 0 Å². The van der Waals surface area contributed by atoms with Crippen LogP contribution in [-0.4, -0.2) is 5.54 Å². The van der Waals surface area contributed by atoms with Crippen LogP contribution in [0.3, 0.4) is 0 Å². The van der Waals surface area contributed by atoms with Crippen molar-refractivity contribution in [3.8, 4) is 0 Å². The predicted octanol–water partition coefficient (Wildman–Crippen LogP) is 3.97. The molecule has 4 bridgehead atoms. The van der Waals surface area contributed by atoms with E-state index in [0.29, 0.717) is 5.41 Å². The van der Waals surface area contributed by atoms with Crippen LogP contribution in [0.15, 0.2) is 0 Å². The molecule has 0 spiro atoms. The smallest absolute Gasteiger partial charge is 0.0191 e. The van der Waals surface area contributed by atoms with Gasteiger partial charge in [0.15, 0.2) is 0 Å². The molecule has 1 nitrogen and oxygen atoms in total. The molecule has 0 saturated heterocycles. The van der Waals surface area contributed by atoms with Crippen LogP contribution in [0.25, 0.3) is 0 Å². The van der Waals surface area contributed by atoms with Crippen LogP contribution >= 0.6 is 0 Å². The summed E-state index contributed by atoms with van der Waals surface area (Å²) < 4.78 is 0. The predicted molar refractivity (Wildman–Crippen MR) is 75.1 cm³/mol. The third kappa shape index (κ3) is 1.32. The lowest BCUT2D eigenvalue weighted by molar-refractivity contribution is -0.163. The molecular weight excluding hydrogens is 218 g/mol. The zero-order valence-corrected chi connectivity index (χ0v) is 12.1. The molecule has 4 fully saturated rings. The van der Waals surface area contributed by atoms with E-state index in [0.717, 1.165) is 29.6 Å². The summed E-state index contributed by atoms with van der Waals surface area (Å²) in [5.74, 6) is 4.85. The Morgan fingerprint density at radius 1 is 1.11 bits per heavy atom. The lowest BCUT2D eigenvalue weighted by Crippen LogP contribution is -2.67. The van der Waals surface area contributed by atoms with E-state index in [9.17, 15) is 0 Å². The van der Waals surface area contributed by atoms with Gasteiger partial charge in [0.1, 0.15) is 0 Å². The summed E-state index contributed by atoms with van der Waals surface area (Å²) in [5, 5.41) is 0. The fourth-order valence-electron chi connectivity index (χ4n) is 7.07. The standard InChI is InChI=1S/C17H29N/c1-3-13-6-12-9-16(2)14(13)7-11-4-5-17(18,10-12)15(16)8-11/h11-15H,3-10,18H2,1-2H3. The first-order valence-electron chi connectivity index (χ1n) is 8.34. The molecule has 2 N–H and O–H groups in total. The monoisotopic (exact) mass is 247 g/mol. The minimum Gasteiger partial charge on any atom is -0.325 e. The van der Waals surface area contributed by atoms with Gasteiger partial charge in [0.2, 0.25) is 0 Å². The van der Waals surface area contributed by atoms with Crippen molar-refractivity contribution in [2.24, 2.45) is 40.7 Å². The van der Waals surface area contributed by atoms with Gasteiger partial charge in [0, 0.05) is 5.54 Å². The number of hydrogen-bond donors (Lipinski definition) is 1. The Morgan fingerprint density at radius 2 is 1.94 bits per heavy atom. The molecule has 4 aliphatic carbocycles. The summed E-state index contributed by atoms with van der Waals surface area (Å²) in [5.41, 5.74) is 7.74. The van der Waals surface area contributed by atoms with E-state index in [1.54, 1.807) is 0 Å². The molecule has 18 heavy (non-hydrogen) atoms. The van der Waals surface area contributed by atoms with Crippen LogP contribution in [0.1, 0.15) is 65.2 Å². The van der Waals surface area contributed by atoms with E-state index in [2.05, 4.69) is 13.8 Å². The maximum Gasteiger partial charge on any atom is 0.0191 e. The summed E-state index contributed by atoms with van der Waals surface area (Å²) in [6.07, 6.45) is 11.5. The second-order valence-electron chi connectivity index (χ2n) is 8.45. The zero-order chi connectivity index (χ0) is 12.5. The van der Waals surface area contributed by atoms with Crippen molar-refractivity contribution >= 4 is 0 Å². The van der Waals surface area contributed by atoms with Crippen molar-refractivity contribution in [3.63, 3.8) is 0 Å². The highest BCUT2D eigenvalue weighted by Crippen LogP contribution is 2.68. The Hall–Kier alpha value is -0.0400. The average molecular weight is 247 g/mol. The van der Waals surface area contributed by atoms with Gasteiger partial charge in [-0.1, -0.05) is 20.3 Å². The normalized spacial score (nSPS) is 61.8. The Labute approximate surface area is 112 Å². The van der Waals surface area contributed by atoms with E-state index in [4.69, 9.17) is 5.73 Å². The molecule has 1 heteroatoms. The molecule has 0 aromatic heterocycles. The van der Waals surface area contributed by atoms with E-state index in [-0.39, 0.29) is 5.54 Å². The minimum absolute atomic E-state index is 0.228.